The molecule has 3 heteroatoms. The normalized spacial score (nSPS) is 10.5. The van der Waals surface area contributed by atoms with Crippen LogP contribution in [0.15, 0.2) is 30.3 Å². The van der Waals surface area contributed by atoms with Crippen LogP contribution in [-0.4, -0.2) is 18.7 Å². The zero-order valence-electron chi connectivity index (χ0n) is 7.36. The molecule has 0 bridgehead atoms. The van der Waals surface area contributed by atoms with E-state index in [1.165, 1.54) is 5.19 Å². The first-order valence-electron chi connectivity index (χ1n) is 3.91. The third-order valence-corrected chi connectivity index (χ3v) is 4.48. The molecule has 0 aromatic heterocycles. The minimum absolute atomic E-state index is 1.28. The molecule has 0 saturated carbocycles. The van der Waals surface area contributed by atoms with Crippen LogP contribution in [0.3, 0.4) is 0 Å². The number of benzene rings is 1. The van der Waals surface area contributed by atoms with Gasteiger partial charge < -0.3 is 5.53 Å². The molecule has 0 aliphatic carbocycles. The summed E-state index contributed by atoms with van der Waals surface area (Å²) in [6.07, 6.45) is 0. The lowest BCUT2D eigenvalue weighted by Crippen LogP contribution is -2.43. The smallest absolute Gasteiger partial charge is 0.231 e. The summed E-state index contributed by atoms with van der Waals surface area (Å²) in [5.74, 6) is 1.67. The fraction of sp³-hybridized carbons (Fsp3) is 0.222. The number of hydrogen-bond acceptors (Lipinski definition) is 0. The third-order valence-electron chi connectivity index (χ3n) is 1.90. The minimum Gasteiger partial charge on any atom is -0.362 e. The third kappa shape index (κ3) is 1.90. The van der Waals surface area contributed by atoms with Crippen molar-refractivity contribution in [3.05, 3.63) is 35.9 Å². The van der Waals surface area contributed by atoms with Crippen LogP contribution in [-0.2, 0) is 0 Å². The summed E-state index contributed by atoms with van der Waals surface area (Å²) >= 11 is 0. The van der Waals surface area contributed by atoms with Gasteiger partial charge in [-0.25, -0.2) is 0 Å². The molecule has 0 fully saturated rings. The van der Waals surface area contributed by atoms with Gasteiger partial charge in [0.05, 0.1) is 0 Å². The van der Waals surface area contributed by atoms with Gasteiger partial charge in [-0.3, -0.25) is 0 Å². The Morgan fingerprint density at radius 1 is 1.25 bits per heavy atom. The molecule has 0 spiro atoms. The van der Waals surface area contributed by atoms with E-state index in [1.807, 2.05) is 18.2 Å². The van der Waals surface area contributed by atoms with Gasteiger partial charge in [0.15, 0.2) is 0 Å². The van der Waals surface area contributed by atoms with Crippen LogP contribution in [0.25, 0.3) is 5.53 Å². The van der Waals surface area contributed by atoms with Gasteiger partial charge in [0.25, 0.3) is 0 Å². The molecule has 1 aromatic rings. The van der Waals surface area contributed by atoms with E-state index < -0.39 is 8.07 Å². The SMILES string of the molecule is C[Si](C)(C=[N+]=[N-])c1ccccc1. The molecule has 0 atom stereocenters. The van der Waals surface area contributed by atoms with E-state index in [2.05, 4.69) is 30.0 Å². The first-order valence-corrected chi connectivity index (χ1v) is 6.98. The molecule has 2 nitrogen and oxygen atoms in total. The molecule has 1 aromatic carbocycles. The van der Waals surface area contributed by atoms with Crippen LogP contribution in [0, 0.1) is 0 Å². The van der Waals surface area contributed by atoms with Crippen molar-refractivity contribution in [1.29, 1.82) is 0 Å². The Kier molecular flexibility index (Phi) is 2.58. The van der Waals surface area contributed by atoms with Gasteiger partial charge in [0.1, 0.15) is 0 Å². The predicted octanol–water partition coefficient (Wildman–Crippen LogP) is 1.44. The van der Waals surface area contributed by atoms with E-state index in [0.717, 1.165) is 0 Å². The number of hydrogen-bond donors (Lipinski definition) is 0. The molecule has 0 unspecified atom stereocenters. The molecular weight excluding hydrogens is 164 g/mol. The van der Waals surface area contributed by atoms with Crippen LogP contribution >= 0.6 is 0 Å². The zero-order chi connectivity index (χ0) is 9.03. The van der Waals surface area contributed by atoms with Crippen LogP contribution in [0.2, 0.25) is 13.1 Å². The molecule has 0 heterocycles. The van der Waals surface area contributed by atoms with Gasteiger partial charge in [0, 0.05) is 0 Å². The van der Waals surface area contributed by atoms with Crippen molar-refractivity contribution in [2.75, 3.05) is 0 Å². The van der Waals surface area contributed by atoms with Crippen LogP contribution in [0.1, 0.15) is 0 Å². The Labute approximate surface area is 73.5 Å². The average Bonchev–Trinajstić information content (AvgIpc) is 2.06. The summed E-state index contributed by atoms with van der Waals surface area (Å²) in [5.41, 5.74) is 8.47. The van der Waals surface area contributed by atoms with E-state index >= 15 is 0 Å². The Morgan fingerprint density at radius 3 is 2.33 bits per heavy atom. The predicted molar refractivity (Wildman–Crippen MR) is 53.2 cm³/mol. The average molecular weight is 176 g/mol. The molecule has 0 saturated heterocycles. The monoisotopic (exact) mass is 176 g/mol. The Morgan fingerprint density at radius 2 is 1.83 bits per heavy atom. The fourth-order valence-electron chi connectivity index (χ4n) is 1.09. The summed E-state index contributed by atoms with van der Waals surface area (Å²) < 4.78 is 0. The highest BCUT2D eigenvalue weighted by atomic mass is 28.3. The Balaban J connectivity index is 3.05. The van der Waals surface area contributed by atoms with E-state index in [0.29, 0.717) is 0 Å². The maximum atomic E-state index is 8.47. The van der Waals surface area contributed by atoms with Gasteiger partial charge in [0.2, 0.25) is 13.9 Å². The quantitative estimate of drug-likeness (QED) is 0.283. The van der Waals surface area contributed by atoms with E-state index in [-0.39, 0.29) is 0 Å². The largest absolute Gasteiger partial charge is 0.362 e. The van der Waals surface area contributed by atoms with Crippen molar-refractivity contribution in [1.82, 2.24) is 0 Å². The number of nitrogens with zero attached hydrogens (tertiary/aromatic N) is 2. The molecule has 0 aliphatic rings. The van der Waals surface area contributed by atoms with Crippen molar-refractivity contribution >= 4 is 19.1 Å². The van der Waals surface area contributed by atoms with Crippen molar-refractivity contribution < 1.29 is 4.79 Å². The van der Waals surface area contributed by atoms with Crippen LogP contribution in [0.4, 0.5) is 0 Å². The Hall–Kier alpha value is -1.18. The standard InChI is InChI=1S/C9H12N2Si/c1-12(2,8-11-10)9-6-4-3-5-7-9/h3-8H,1-2H3. The summed E-state index contributed by atoms with van der Waals surface area (Å²) in [7, 11) is -1.62. The lowest BCUT2D eigenvalue weighted by Gasteiger charge is -2.10. The lowest BCUT2D eigenvalue weighted by atomic mass is 10.4. The van der Waals surface area contributed by atoms with Crippen molar-refractivity contribution in [2.24, 2.45) is 0 Å². The Bertz CT molecular complexity index is 300. The van der Waals surface area contributed by atoms with Gasteiger partial charge in [-0.15, -0.1) is 0 Å². The van der Waals surface area contributed by atoms with E-state index in [9.17, 15) is 0 Å². The second kappa shape index (κ2) is 3.48. The summed E-state index contributed by atoms with van der Waals surface area (Å²) in [4.78, 5) is 3.12. The molecule has 0 amide bonds. The van der Waals surface area contributed by atoms with Gasteiger partial charge >= 0.3 is 0 Å². The first kappa shape index (κ1) is 8.91. The number of rotatable bonds is 2. The summed E-state index contributed by atoms with van der Waals surface area (Å²) in [6.45, 7) is 4.28. The molecule has 0 N–H and O–H groups in total. The van der Waals surface area contributed by atoms with Crippen LogP contribution in [0.5, 0.6) is 0 Å². The topological polar surface area (TPSA) is 36.4 Å². The summed E-state index contributed by atoms with van der Waals surface area (Å²) in [6, 6.07) is 10.2. The second-order valence-corrected chi connectivity index (χ2v) is 7.61. The highest BCUT2D eigenvalue weighted by Gasteiger charge is 2.26. The lowest BCUT2D eigenvalue weighted by molar-refractivity contribution is 0.00690. The van der Waals surface area contributed by atoms with Crippen molar-refractivity contribution in [3.63, 3.8) is 0 Å². The highest BCUT2D eigenvalue weighted by molar-refractivity contribution is 7.09. The van der Waals surface area contributed by atoms with E-state index in [1.54, 1.807) is 5.84 Å². The van der Waals surface area contributed by atoms with Gasteiger partial charge in [-0.05, 0) is 5.19 Å². The maximum absolute atomic E-state index is 8.47. The van der Waals surface area contributed by atoms with Crippen molar-refractivity contribution in [2.45, 2.75) is 13.1 Å². The molecule has 12 heavy (non-hydrogen) atoms. The highest BCUT2D eigenvalue weighted by Crippen LogP contribution is 1.98. The van der Waals surface area contributed by atoms with Gasteiger partial charge in [-0.1, -0.05) is 43.4 Å². The second-order valence-electron chi connectivity index (χ2n) is 3.33. The van der Waals surface area contributed by atoms with Crippen LogP contribution < -0.4 is 5.19 Å². The van der Waals surface area contributed by atoms with Crippen molar-refractivity contribution in [3.8, 4) is 0 Å². The first-order chi connectivity index (χ1) is 5.67. The molecular formula is C9H12N2Si. The molecule has 62 valence electrons. The zero-order valence-corrected chi connectivity index (χ0v) is 8.36. The fourth-order valence-corrected chi connectivity index (χ4v) is 2.58. The van der Waals surface area contributed by atoms with Gasteiger partial charge in [-0.2, -0.15) is 4.79 Å². The summed E-state index contributed by atoms with van der Waals surface area (Å²) in [5, 5.41) is 1.28. The maximum Gasteiger partial charge on any atom is 0.231 e. The molecule has 1 rings (SSSR count). The molecule has 0 aliphatic heterocycles. The minimum atomic E-state index is -1.62. The van der Waals surface area contributed by atoms with E-state index in [4.69, 9.17) is 5.53 Å². The molecule has 0 radical (unpaired) electrons.